The molecule has 3 heterocycles. The van der Waals surface area contributed by atoms with Crippen LogP contribution in [0.1, 0.15) is 41.3 Å². The Morgan fingerprint density at radius 3 is 2.89 bits per heavy atom. The van der Waals surface area contributed by atoms with Crippen LogP contribution < -0.4 is 10.2 Å². The number of amides is 1. The first kappa shape index (κ1) is 17.6. The molecule has 1 unspecified atom stereocenters. The van der Waals surface area contributed by atoms with Gasteiger partial charge < -0.3 is 15.0 Å². The van der Waals surface area contributed by atoms with Crippen LogP contribution in [0, 0.1) is 5.92 Å². The Hall–Kier alpha value is -2.47. The predicted octanol–water partition coefficient (Wildman–Crippen LogP) is 2.22. The quantitative estimate of drug-likeness (QED) is 0.884. The SMILES string of the molecule is O=C(NCC1CN(c2cc3c(nn2)CCCC3)C1)C1OCCc2ccccc21. The highest BCUT2D eigenvalue weighted by Crippen LogP contribution is 2.28. The molecule has 0 spiro atoms. The molecule has 0 radical (unpaired) electrons. The molecule has 6 nitrogen and oxygen atoms in total. The van der Waals surface area contributed by atoms with E-state index in [2.05, 4.69) is 32.5 Å². The summed E-state index contributed by atoms with van der Waals surface area (Å²) in [7, 11) is 0. The fraction of sp³-hybridized carbons (Fsp3) is 0.500. The molecule has 1 amide bonds. The van der Waals surface area contributed by atoms with Gasteiger partial charge in [-0.25, -0.2) is 0 Å². The van der Waals surface area contributed by atoms with Crippen molar-refractivity contribution in [2.75, 3.05) is 31.1 Å². The second-order valence-electron chi connectivity index (χ2n) is 8.10. The maximum Gasteiger partial charge on any atom is 0.253 e. The number of ether oxygens (including phenoxy) is 1. The Morgan fingerprint density at radius 2 is 1.96 bits per heavy atom. The summed E-state index contributed by atoms with van der Waals surface area (Å²) in [6.45, 7) is 3.10. The zero-order valence-electron chi connectivity index (χ0n) is 16.1. The molecule has 1 aliphatic carbocycles. The third kappa shape index (κ3) is 3.37. The highest BCUT2D eigenvalue weighted by Gasteiger charge is 2.31. The number of hydrogen-bond acceptors (Lipinski definition) is 5. The molecule has 0 saturated carbocycles. The van der Waals surface area contributed by atoms with Gasteiger partial charge in [-0.15, -0.1) is 5.10 Å². The number of benzene rings is 1. The van der Waals surface area contributed by atoms with E-state index in [0.717, 1.165) is 43.7 Å². The van der Waals surface area contributed by atoms with E-state index in [0.29, 0.717) is 19.1 Å². The molecule has 1 fully saturated rings. The standard InChI is InChI=1S/C22H26N4O2/c27-22(21-18-7-3-1-5-16(18)9-10-28-21)23-12-15-13-26(14-15)20-11-17-6-2-4-8-19(17)24-25-20/h1,3,5,7,11,15,21H,2,4,6,8-10,12-14H2,(H,23,27). The topological polar surface area (TPSA) is 67.4 Å². The molecule has 5 rings (SSSR count). The van der Waals surface area contributed by atoms with Crippen molar-refractivity contribution in [1.82, 2.24) is 15.5 Å². The van der Waals surface area contributed by atoms with E-state index in [9.17, 15) is 4.79 Å². The summed E-state index contributed by atoms with van der Waals surface area (Å²) in [5.74, 6) is 1.40. The second-order valence-corrected chi connectivity index (χ2v) is 8.10. The first-order valence-electron chi connectivity index (χ1n) is 10.4. The third-order valence-corrected chi connectivity index (χ3v) is 6.13. The van der Waals surface area contributed by atoms with Gasteiger partial charge in [0.1, 0.15) is 0 Å². The number of carbonyl (C=O) groups is 1. The van der Waals surface area contributed by atoms with Crippen molar-refractivity contribution in [3.05, 3.63) is 52.7 Å². The van der Waals surface area contributed by atoms with Crippen molar-refractivity contribution >= 4 is 11.7 Å². The van der Waals surface area contributed by atoms with Crippen LogP contribution in [0.3, 0.4) is 0 Å². The number of carbonyl (C=O) groups excluding carboxylic acids is 1. The monoisotopic (exact) mass is 378 g/mol. The first-order valence-corrected chi connectivity index (χ1v) is 10.4. The first-order chi connectivity index (χ1) is 13.8. The third-order valence-electron chi connectivity index (χ3n) is 6.13. The Bertz CT molecular complexity index is 879. The van der Waals surface area contributed by atoms with Crippen LogP contribution in [0.25, 0.3) is 0 Å². The smallest absolute Gasteiger partial charge is 0.253 e. The van der Waals surface area contributed by atoms with Gasteiger partial charge in [0.05, 0.1) is 12.3 Å². The van der Waals surface area contributed by atoms with Crippen molar-refractivity contribution in [2.45, 2.75) is 38.2 Å². The van der Waals surface area contributed by atoms with Crippen molar-refractivity contribution in [3.63, 3.8) is 0 Å². The fourth-order valence-corrected chi connectivity index (χ4v) is 4.47. The minimum atomic E-state index is -0.479. The molecule has 1 saturated heterocycles. The molecule has 146 valence electrons. The maximum absolute atomic E-state index is 12.6. The molecular formula is C22H26N4O2. The molecule has 6 heteroatoms. The molecule has 1 atom stereocenters. The number of aryl methyl sites for hydroxylation is 2. The van der Waals surface area contributed by atoms with Gasteiger partial charge in [-0.1, -0.05) is 24.3 Å². The minimum Gasteiger partial charge on any atom is -0.363 e. The van der Waals surface area contributed by atoms with Crippen LogP contribution in [0.15, 0.2) is 30.3 Å². The van der Waals surface area contributed by atoms with Gasteiger partial charge >= 0.3 is 0 Å². The van der Waals surface area contributed by atoms with Crippen LogP contribution in [0.2, 0.25) is 0 Å². The number of aromatic nitrogens is 2. The van der Waals surface area contributed by atoms with Gasteiger partial charge in [0.2, 0.25) is 0 Å². The minimum absolute atomic E-state index is 0.0285. The van der Waals surface area contributed by atoms with Crippen molar-refractivity contribution in [3.8, 4) is 0 Å². The summed E-state index contributed by atoms with van der Waals surface area (Å²) in [5, 5.41) is 11.9. The molecule has 1 N–H and O–H groups in total. The van der Waals surface area contributed by atoms with Gasteiger partial charge in [-0.3, -0.25) is 4.79 Å². The van der Waals surface area contributed by atoms with Gasteiger partial charge in [-0.05, 0) is 54.9 Å². The summed E-state index contributed by atoms with van der Waals surface area (Å²) in [5.41, 5.74) is 4.76. The maximum atomic E-state index is 12.6. The van der Waals surface area contributed by atoms with Crippen LogP contribution >= 0.6 is 0 Å². The predicted molar refractivity (Wildman–Crippen MR) is 106 cm³/mol. The lowest BCUT2D eigenvalue weighted by atomic mass is 9.95. The number of nitrogens with one attached hydrogen (secondary N) is 1. The molecule has 28 heavy (non-hydrogen) atoms. The second kappa shape index (κ2) is 7.51. The summed E-state index contributed by atoms with van der Waals surface area (Å²) >= 11 is 0. The van der Waals surface area contributed by atoms with Gasteiger partial charge in [-0.2, -0.15) is 5.10 Å². The summed E-state index contributed by atoms with van der Waals surface area (Å²) in [4.78, 5) is 14.9. The zero-order valence-corrected chi connectivity index (χ0v) is 16.1. The van der Waals surface area contributed by atoms with E-state index in [1.165, 1.54) is 29.7 Å². The lowest BCUT2D eigenvalue weighted by Gasteiger charge is -2.40. The molecule has 1 aromatic carbocycles. The molecule has 2 aromatic rings. The van der Waals surface area contributed by atoms with Crippen molar-refractivity contribution in [1.29, 1.82) is 0 Å². The molecule has 1 aromatic heterocycles. The van der Waals surface area contributed by atoms with Crippen LogP contribution in [0.5, 0.6) is 0 Å². The molecule has 3 aliphatic rings. The van der Waals surface area contributed by atoms with Crippen LogP contribution in [0.4, 0.5) is 5.82 Å². The highest BCUT2D eigenvalue weighted by molar-refractivity contribution is 5.82. The van der Waals surface area contributed by atoms with Gasteiger partial charge in [0, 0.05) is 25.6 Å². The van der Waals surface area contributed by atoms with Gasteiger partial charge in [0.15, 0.2) is 11.9 Å². The number of fused-ring (bicyclic) bond motifs is 2. The molecule has 2 aliphatic heterocycles. The Labute approximate surface area is 165 Å². The summed E-state index contributed by atoms with van der Waals surface area (Å²) in [6, 6.07) is 10.3. The Morgan fingerprint density at radius 1 is 1.11 bits per heavy atom. The van der Waals surface area contributed by atoms with E-state index in [1.807, 2.05) is 18.2 Å². The van der Waals surface area contributed by atoms with E-state index in [1.54, 1.807) is 0 Å². The average Bonchev–Trinajstić information content (AvgIpc) is 2.72. The van der Waals surface area contributed by atoms with E-state index in [-0.39, 0.29) is 5.91 Å². The number of hydrogen-bond donors (Lipinski definition) is 1. The van der Waals surface area contributed by atoms with Crippen LogP contribution in [-0.4, -0.2) is 42.3 Å². The molecular weight excluding hydrogens is 352 g/mol. The number of rotatable bonds is 4. The van der Waals surface area contributed by atoms with Crippen LogP contribution in [-0.2, 0) is 28.8 Å². The van der Waals surface area contributed by atoms with Crippen molar-refractivity contribution in [2.24, 2.45) is 5.92 Å². The van der Waals surface area contributed by atoms with Crippen molar-refractivity contribution < 1.29 is 9.53 Å². The van der Waals surface area contributed by atoms with E-state index in [4.69, 9.17) is 4.74 Å². The summed E-state index contributed by atoms with van der Waals surface area (Å²) < 4.78 is 5.75. The largest absolute Gasteiger partial charge is 0.363 e. The van der Waals surface area contributed by atoms with E-state index < -0.39 is 6.10 Å². The lowest BCUT2D eigenvalue weighted by molar-refractivity contribution is -0.134. The number of anilines is 1. The lowest BCUT2D eigenvalue weighted by Crippen LogP contribution is -2.52. The fourth-order valence-electron chi connectivity index (χ4n) is 4.47. The average molecular weight is 378 g/mol. The Kier molecular flexibility index (Phi) is 4.72. The zero-order chi connectivity index (χ0) is 18.9. The number of nitrogens with zero attached hydrogens (tertiary/aromatic N) is 3. The highest BCUT2D eigenvalue weighted by atomic mass is 16.5. The van der Waals surface area contributed by atoms with E-state index >= 15 is 0 Å². The Balaban J connectivity index is 1.14. The molecule has 0 bridgehead atoms. The normalized spacial score (nSPS) is 21.4. The van der Waals surface area contributed by atoms with Gasteiger partial charge in [0.25, 0.3) is 5.91 Å². The summed E-state index contributed by atoms with van der Waals surface area (Å²) in [6.07, 6.45) is 5.05.